The van der Waals surface area contributed by atoms with Crippen LogP contribution in [0.15, 0.2) is 24.3 Å². The van der Waals surface area contributed by atoms with Gasteiger partial charge in [-0.25, -0.2) is 9.97 Å². The number of amides is 1. The molecule has 0 saturated carbocycles. The van der Waals surface area contributed by atoms with Crippen molar-refractivity contribution >= 4 is 11.9 Å². The van der Waals surface area contributed by atoms with Gasteiger partial charge in [0.15, 0.2) is 0 Å². The summed E-state index contributed by atoms with van der Waals surface area (Å²) in [7, 11) is 0. The molecule has 3 rings (SSSR count). The maximum absolute atomic E-state index is 12.4. The first-order valence-electron chi connectivity index (χ1n) is 8.55. The fourth-order valence-electron chi connectivity index (χ4n) is 2.99. The number of nitrogens with one attached hydrogen (secondary N) is 1. The van der Waals surface area contributed by atoms with E-state index in [1.165, 1.54) is 0 Å². The molecule has 25 heavy (non-hydrogen) atoms. The summed E-state index contributed by atoms with van der Waals surface area (Å²) in [5.74, 6) is 0.620. The van der Waals surface area contributed by atoms with Gasteiger partial charge in [-0.3, -0.25) is 4.79 Å². The number of anilines is 1. The lowest BCUT2D eigenvalue weighted by atomic mass is 10.1. The summed E-state index contributed by atoms with van der Waals surface area (Å²) in [6.45, 7) is 9.27. The van der Waals surface area contributed by atoms with Gasteiger partial charge in [0.2, 0.25) is 5.95 Å². The predicted octanol–water partition coefficient (Wildman–Crippen LogP) is 2.17. The van der Waals surface area contributed by atoms with Crippen molar-refractivity contribution in [3.8, 4) is 0 Å². The van der Waals surface area contributed by atoms with Crippen molar-refractivity contribution in [2.45, 2.75) is 27.3 Å². The molecule has 0 radical (unpaired) electrons. The minimum Gasteiger partial charge on any atom is -0.378 e. The van der Waals surface area contributed by atoms with E-state index in [0.717, 1.165) is 35.6 Å². The van der Waals surface area contributed by atoms with Crippen LogP contribution in [0.25, 0.3) is 0 Å². The van der Waals surface area contributed by atoms with E-state index in [1.807, 2.05) is 39.0 Å². The molecule has 1 saturated heterocycles. The van der Waals surface area contributed by atoms with Gasteiger partial charge in [0.05, 0.1) is 25.5 Å². The van der Waals surface area contributed by atoms with Gasteiger partial charge in [-0.15, -0.1) is 0 Å². The van der Waals surface area contributed by atoms with Crippen molar-refractivity contribution in [2.75, 3.05) is 31.2 Å². The van der Waals surface area contributed by atoms with Crippen molar-refractivity contribution in [1.82, 2.24) is 15.3 Å². The van der Waals surface area contributed by atoms with Gasteiger partial charge in [-0.1, -0.05) is 17.2 Å². The molecule has 2 aromatic rings. The lowest BCUT2D eigenvalue weighted by molar-refractivity contribution is 0.0950. The van der Waals surface area contributed by atoms with Crippen LogP contribution in [0.2, 0.25) is 0 Å². The van der Waals surface area contributed by atoms with Crippen molar-refractivity contribution < 1.29 is 9.53 Å². The minimum absolute atomic E-state index is 0.0870. The van der Waals surface area contributed by atoms with Gasteiger partial charge in [0.25, 0.3) is 5.91 Å². The molecule has 0 unspecified atom stereocenters. The zero-order valence-electron chi connectivity index (χ0n) is 15.0. The summed E-state index contributed by atoms with van der Waals surface area (Å²) in [6, 6.07) is 7.75. The van der Waals surface area contributed by atoms with Crippen molar-refractivity contribution in [2.24, 2.45) is 0 Å². The second-order valence-corrected chi connectivity index (χ2v) is 6.46. The van der Waals surface area contributed by atoms with E-state index in [1.54, 1.807) is 0 Å². The highest BCUT2D eigenvalue weighted by Gasteiger charge is 2.15. The first-order chi connectivity index (χ1) is 12.0. The molecule has 1 aromatic heterocycles. The van der Waals surface area contributed by atoms with E-state index in [9.17, 15) is 4.79 Å². The average molecular weight is 340 g/mol. The maximum atomic E-state index is 12.4. The number of hydrogen-bond donors (Lipinski definition) is 1. The molecule has 132 valence electrons. The second kappa shape index (κ2) is 7.61. The van der Waals surface area contributed by atoms with Gasteiger partial charge >= 0.3 is 0 Å². The molecule has 0 atom stereocenters. The monoisotopic (exact) mass is 340 g/mol. The molecular formula is C19H24N4O2. The van der Waals surface area contributed by atoms with Crippen LogP contribution in [0.1, 0.15) is 32.9 Å². The molecule has 1 aromatic carbocycles. The normalized spacial score (nSPS) is 14.4. The summed E-state index contributed by atoms with van der Waals surface area (Å²) in [6.07, 6.45) is 0. The molecule has 1 N–H and O–H groups in total. The molecule has 0 spiro atoms. The summed E-state index contributed by atoms with van der Waals surface area (Å²) in [5, 5.41) is 2.95. The Morgan fingerprint density at radius 3 is 2.44 bits per heavy atom. The highest BCUT2D eigenvalue weighted by atomic mass is 16.5. The number of aryl methyl sites for hydroxylation is 3. The molecule has 0 aliphatic carbocycles. The molecule has 1 aliphatic heterocycles. The quantitative estimate of drug-likeness (QED) is 0.924. The summed E-state index contributed by atoms with van der Waals surface area (Å²) in [5.41, 5.74) is 4.55. The third kappa shape index (κ3) is 4.54. The van der Waals surface area contributed by atoms with Crippen molar-refractivity contribution in [3.63, 3.8) is 0 Å². The second-order valence-electron chi connectivity index (χ2n) is 6.46. The van der Waals surface area contributed by atoms with E-state index in [-0.39, 0.29) is 5.91 Å². The Bertz CT molecular complexity index is 750. The Balaban J connectivity index is 1.70. The number of carbonyl (C=O) groups is 1. The predicted molar refractivity (Wildman–Crippen MR) is 96.9 cm³/mol. The van der Waals surface area contributed by atoms with Crippen LogP contribution >= 0.6 is 0 Å². The number of nitrogens with zero attached hydrogens (tertiary/aromatic N) is 3. The van der Waals surface area contributed by atoms with Crippen LogP contribution in [0, 0.1) is 20.8 Å². The molecule has 0 bridgehead atoms. The molecule has 1 fully saturated rings. The highest BCUT2D eigenvalue weighted by Crippen LogP contribution is 2.13. The zero-order valence-corrected chi connectivity index (χ0v) is 15.0. The number of hydrogen-bond acceptors (Lipinski definition) is 5. The fraction of sp³-hybridized carbons (Fsp3) is 0.421. The lowest BCUT2D eigenvalue weighted by Gasteiger charge is -2.27. The Kier molecular flexibility index (Phi) is 5.28. The van der Waals surface area contributed by atoms with Crippen molar-refractivity contribution in [3.05, 3.63) is 52.3 Å². The number of aromatic nitrogens is 2. The van der Waals surface area contributed by atoms with Crippen molar-refractivity contribution in [1.29, 1.82) is 0 Å². The lowest BCUT2D eigenvalue weighted by Crippen LogP contribution is -2.37. The van der Waals surface area contributed by atoms with Crippen LogP contribution in [0.5, 0.6) is 0 Å². The number of benzene rings is 1. The Hall–Kier alpha value is -2.47. The minimum atomic E-state index is -0.0870. The Labute approximate surface area is 148 Å². The molecule has 2 heterocycles. The van der Waals surface area contributed by atoms with Crippen LogP contribution < -0.4 is 10.2 Å². The molecular weight excluding hydrogens is 316 g/mol. The van der Waals surface area contributed by atoms with Gasteiger partial charge in [0, 0.05) is 24.3 Å². The third-order valence-corrected chi connectivity index (χ3v) is 4.10. The molecule has 6 nitrogen and oxygen atoms in total. The van der Waals surface area contributed by atoms with Crippen LogP contribution in [0.4, 0.5) is 5.95 Å². The SMILES string of the molecule is Cc1cc(C)cc(C(=O)NCc2cc(C)nc(N3CCOCC3)n2)c1. The van der Waals surface area contributed by atoms with Gasteiger partial charge in [-0.2, -0.15) is 0 Å². The first kappa shape index (κ1) is 17.4. The van der Waals surface area contributed by atoms with E-state index < -0.39 is 0 Å². The van der Waals surface area contributed by atoms with E-state index in [0.29, 0.717) is 31.3 Å². The number of carbonyl (C=O) groups excluding carboxylic acids is 1. The fourth-order valence-corrected chi connectivity index (χ4v) is 2.99. The van der Waals surface area contributed by atoms with Crippen LogP contribution in [-0.2, 0) is 11.3 Å². The third-order valence-electron chi connectivity index (χ3n) is 4.10. The zero-order chi connectivity index (χ0) is 17.8. The Morgan fingerprint density at radius 1 is 1.08 bits per heavy atom. The number of ether oxygens (including phenoxy) is 1. The van der Waals surface area contributed by atoms with Crippen LogP contribution in [0.3, 0.4) is 0 Å². The summed E-state index contributed by atoms with van der Waals surface area (Å²) in [4.78, 5) is 23.6. The molecule has 1 aliphatic rings. The van der Waals surface area contributed by atoms with Gasteiger partial charge in [0.1, 0.15) is 0 Å². The smallest absolute Gasteiger partial charge is 0.251 e. The molecule has 1 amide bonds. The molecule has 6 heteroatoms. The largest absolute Gasteiger partial charge is 0.378 e. The summed E-state index contributed by atoms with van der Waals surface area (Å²) < 4.78 is 5.37. The highest BCUT2D eigenvalue weighted by molar-refractivity contribution is 5.94. The van der Waals surface area contributed by atoms with Crippen LogP contribution in [-0.4, -0.2) is 42.2 Å². The maximum Gasteiger partial charge on any atom is 0.251 e. The number of morpholine rings is 1. The summed E-state index contributed by atoms with van der Waals surface area (Å²) >= 11 is 0. The standard InChI is InChI=1S/C19H24N4O2/c1-13-8-14(2)10-16(9-13)18(24)20-12-17-11-15(3)21-19(22-17)23-4-6-25-7-5-23/h8-11H,4-7,12H2,1-3H3,(H,20,24). The topological polar surface area (TPSA) is 67.4 Å². The van der Waals surface area contributed by atoms with E-state index >= 15 is 0 Å². The first-order valence-corrected chi connectivity index (χ1v) is 8.55. The Morgan fingerprint density at radius 2 is 1.76 bits per heavy atom. The average Bonchev–Trinajstić information content (AvgIpc) is 2.59. The van der Waals surface area contributed by atoms with E-state index in [4.69, 9.17) is 4.74 Å². The number of rotatable bonds is 4. The van der Waals surface area contributed by atoms with Gasteiger partial charge < -0.3 is 15.0 Å². The van der Waals surface area contributed by atoms with Gasteiger partial charge in [-0.05, 0) is 39.0 Å². The van der Waals surface area contributed by atoms with E-state index in [2.05, 4.69) is 26.3 Å².